The van der Waals surface area contributed by atoms with E-state index in [1.165, 1.54) is 18.2 Å². The first-order chi connectivity index (χ1) is 9.97. The Morgan fingerprint density at radius 3 is 2.71 bits per heavy atom. The molecular weight excluding hydrogens is 294 g/mol. The van der Waals surface area contributed by atoms with E-state index in [1.807, 2.05) is 0 Å². The molecule has 0 aliphatic rings. The van der Waals surface area contributed by atoms with Crippen molar-refractivity contribution < 1.29 is 9.72 Å². The van der Waals surface area contributed by atoms with E-state index in [-0.39, 0.29) is 5.69 Å². The molecule has 2 aromatic carbocycles. The van der Waals surface area contributed by atoms with Crippen molar-refractivity contribution in [1.82, 2.24) is 0 Å². The van der Waals surface area contributed by atoms with Gasteiger partial charge in [-0.05, 0) is 29.8 Å². The van der Waals surface area contributed by atoms with Crippen LogP contribution in [0.2, 0.25) is 5.02 Å². The minimum Gasteiger partial charge on any atom is -0.375 e. The van der Waals surface area contributed by atoms with Crippen LogP contribution in [0.25, 0.3) is 0 Å². The van der Waals surface area contributed by atoms with Crippen LogP contribution in [0, 0.1) is 10.1 Å². The molecule has 21 heavy (non-hydrogen) atoms. The number of anilines is 1. The summed E-state index contributed by atoms with van der Waals surface area (Å²) >= 11 is 5.85. The lowest BCUT2D eigenvalue weighted by Gasteiger charge is -2.08. The van der Waals surface area contributed by atoms with Crippen LogP contribution < -0.4 is 11.1 Å². The molecule has 2 aromatic rings. The zero-order valence-corrected chi connectivity index (χ0v) is 11.6. The van der Waals surface area contributed by atoms with Gasteiger partial charge in [-0.15, -0.1) is 0 Å². The molecule has 0 aliphatic heterocycles. The number of hydrogen-bond acceptors (Lipinski definition) is 4. The number of nitrogens with one attached hydrogen (secondary N) is 1. The fraction of sp³-hybridized carbons (Fsp3) is 0.0714. The molecule has 0 aromatic heterocycles. The molecule has 3 N–H and O–H groups in total. The lowest BCUT2D eigenvalue weighted by molar-refractivity contribution is -0.384. The quantitative estimate of drug-likeness (QED) is 0.655. The van der Waals surface area contributed by atoms with Gasteiger partial charge in [0, 0.05) is 23.2 Å². The number of nitrogens with two attached hydrogens (primary N) is 1. The van der Waals surface area contributed by atoms with Crippen LogP contribution in [0.15, 0.2) is 42.5 Å². The minimum absolute atomic E-state index is 0.0644. The van der Waals surface area contributed by atoms with Crippen molar-refractivity contribution in [1.29, 1.82) is 0 Å². The Labute approximate surface area is 125 Å². The first kappa shape index (κ1) is 14.8. The molecule has 0 spiro atoms. The number of amides is 1. The number of halogens is 1. The third kappa shape index (κ3) is 3.70. The van der Waals surface area contributed by atoms with Gasteiger partial charge in [0.05, 0.1) is 4.92 Å². The Morgan fingerprint density at radius 1 is 1.29 bits per heavy atom. The SMILES string of the molecule is NC(=O)c1cccc(CNc2cc(Cl)ccc2[N+](=O)[O-])c1. The number of benzene rings is 2. The highest BCUT2D eigenvalue weighted by Gasteiger charge is 2.13. The molecule has 2 rings (SSSR count). The molecule has 0 unspecified atom stereocenters. The van der Waals surface area contributed by atoms with Gasteiger partial charge < -0.3 is 11.1 Å². The highest BCUT2D eigenvalue weighted by Crippen LogP contribution is 2.28. The maximum Gasteiger partial charge on any atom is 0.292 e. The smallest absolute Gasteiger partial charge is 0.292 e. The average molecular weight is 306 g/mol. The molecule has 0 heterocycles. The van der Waals surface area contributed by atoms with Crippen molar-refractivity contribution >= 4 is 28.9 Å². The van der Waals surface area contributed by atoms with Crippen molar-refractivity contribution in [3.63, 3.8) is 0 Å². The second-order valence-electron chi connectivity index (χ2n) is 4.34. The Bertz CT molecular complexity index is 704. The number of nitrogens with zero attached hydrogens (tertiary/aromatic N) is 1. The average Bonchev–Trinajstić information content (AvgIpc) is 2.45. The lowest BCUT2D eigenvalue weighted by Crippen LogP contribution is -2.11. The summed E-state index contributed by atoms with van der Waals surface area (Å²) in [7, 11) is 0. The van der Waals surface area contributed by atoms with Crippen molar-refractivity contribution in [2.24, 2.45) is 5.73 Å². The number of carbonyl (C=O) groups is 1. The Hall–Kier alpha value is -2.60. The Balaban J connectivity index is 2.20. The van der Waals surface area contributed by atoms with E-state index >= 15 is 0 Å². The molecular formula is C14H12ClN3O3. The van der Waals surface area contributed by atoms with Crippen molar-refractivity contribution in [3.8, 4) is 0 Å². The lowest BCUT2D eigenvalue weighted by atomic mass is 10.1. The monoisotopic (exact) mass is 305 g/mol. The predicted octanol–water partition coefficient (Wildman–Crippen LogP) is 2.96. The fourth-order valence-electron chi connectivity index (χ4n) is 1.84. The van der Waals surface area contributed by atoms with E-state index in [2.05, 4.69) is 5.32 Å². The summed E-state index contributed by atoms with van der Waals surface area (Å²) in [6.45, 7) is 0.308. The Morgan fingerprint density at radius 2 is 2.05 bits per heavy atom. The summed E-state index contributed by atoms with van der Waals surface area (Å²) in [5.74, 6) is -0.523. The minimum atomic E-state index is -0.523. The summed E-state index contributed by atoms with van der Waals surface area (Å²) in [6.07, 6.45) is 0. The number of nitro groups is 1. The molecule has 108 valence electrons. The highest BCUT2D eigenvalue weighted by atomic mass is 35.5. The van der Waals surface area contributed by atoms with Gasteiger partial charge in [-0.3, -0.25) is 14.9 Å². The summed E-state index contributed by atoms with van der Waals surface area (Å²) in [6, 6.07) is 11.0. The van der Waals surface area contributed by atoms with Gasteiger partial charge >= 0.3 is 0 Å². The molecule has 0 saturated heterocycles. The van der Waals surface area contributed by atoms with E-state index in [9.17, 15) is 14.9 Å². The van der Waals surface area contributed by atoms with Crippen molar-refractivity contribution in [3.05, 3.63) is 68.7 Å². The van der Waals surface area contributed by atoms with Gasteiger partial charge in [-0.1, -0.05) is 23.7 Å². The summed E-state index contributed by atoms with van der Waals surface area (Å²) in [4.78, 5) is 21.6. The summed E-state index contributed by atoms with van der Waals surface area (Å²) in [5.41, 5.74) is 6.62. The highest BCUT2D eigenvalue weighted by molar-refractivity contribution is 6.31. The molecule has 0 aliphatic carbocycles. The predicted molar refractivity (Wildman–Crippen MR) is 80.4 cm³/mol. The van der Waals surface area contributed by atoms with Crippen LogP contribution in [0.3, 0.4) is 0 Å². The van der Waals surface area contributed by atoms with Crippen LogP contribution in [0.1, 0.15) is 15.9 Å². The largest absolute Gasteiger partial charge is 0.375 e. The first-order valence-corrected chi connectivity index (χ1v) is 6.42. The van der Waals surface area contributed by atoms with Crippen LogP contribution in [0.5, 0.6) is 0 Å². The number of primary amides is 1. The van der Waals surface area contributed by atoms with Crippen LogP contribution in [0.4, 0.5) is 11.4 Å². The first-order valence-electron chi connectivity index (χ1n) is 6.04. The molecule has 6 nitrogen and oxygen atoms in total. The van der Waals surface area contributed by atoms with E-state index in [0.717, 1.165) is 5.56 Å². The normalized spacial score (nSPS) is 10.1. The van der Waals surface area contributed by atoms with E-state index in [0.29, 0.717) is 22.8 Å². The number of hydrogen-bond donors (Lipinski definition) is 2. The van der Waals surface area contributed by atoms with E-state index in [1.54, 1.807) is 24.3 Å². The molecule has 0 saturated carbocycles. The van der Waals surface area contributed by atoms with Crippen molar-refractivity contribution in [2.75, 3.05) is 5.32 Å². The second-order valence-corrected chi connectivity index (χ2v) is 4.77. The number of carbonyl (C=O) groups excluding carboxylic acids is 1. The summed E-state index contributed by atoms with van der Waals surface area (Å²) in [5, 5.41) is 14.3. The van der Waals surface area contributed by atoms with Gasteiger partial charge in [0.2, 0.25) is 5.91 Å². The van der Waals surface area contributed by atoms with Crippen molar-refractivity contribution in [2.45, 2.75) is 6.54 Å². The zero-order valence-electron chi connectivity index (χ0n) is 10.9. The third-order valence-corrected chi connectivity index (χ3v) is 3.08. The standard InChI is InChI=1S/C14H12ClN3O3/c15-11-4-5-13(18(20)21)12(7-11)17-8-9-2-1-3-10(6-9)14(16)19/h1-7,17H,8H2,(H2,16,19). The van der Waals surface area contributed by atoms with Gasteiger partial charge in [-0.25, -0.2) is 0 Å². The van der Waals surface area contributed by atoms with Gasteiger partial charge in [-0.2, -0.15) is 0 Å². The van der Waals surface area contributed by atoms with Crippen LogP contribution in [-0.2, 0) is 6.54 Å². The zero-order chi connectivity index (χ0) is 15.4. The third-order valence-electron chi connectivity index (χ3n) is 2.85. The van der Waals surface area contributed by atoms with Gasteiger partial charge in [0.25, 0.3) is 5.69 Å². The molecule has 7 heteroatoms. The van der Waals surface area contributed by atoms with E-state index in [4.69, 9.17) is 17.3 Å². The maximum absolute atomic E-state index is 11.1. The number of rotatable bonds is 5. The molecule has 1 amide bonds. The fourth-order valence-corrected chi connectivity index (χ4v) is 2.01. The van der Waals surface area contributed by atoms with E-state index < -0.39 is 10.8 Å². The molecule has 0 bridgehead atoms. The Kier molecular flexibility index (Phi) is 4.39. The topological polar surface area (TPSA) is 98.3 Å². The maximum atomic E-state index is 11.1. The summed E-state index contributed by atoms with van der Waals surface area (Å²) < 4.78 is 0. The van der Waals surface area contributed by atoms with Crippen LogP contribution in [-0.4, -0.2) is 10.8 Å². The van der Waals surface area contributed by atoms with Crippen LogP contribution >= 0.6 is 11.6 Å². The molecule has 0 radical (unpaired) electrons. The van der Waals surface area contributed by atoms with Gasteiger partial charge in [0.15, 0.2) is 0 Å². The van der Waals surface area contributed by atoms with Gasteiger partial charge in [0.1, 0.15) is 5.69 Å². The molecule has 0 atom stereocenters. The second kappa shape index (κ2) is 6.23. The molecule has 0 fully saturated rings. The number of nitro benzene ring substituents is 1.